The van der Waals surface area contributed by atoms with Crippen molar-refractivity contribution in [2.75, 3.05) is 7.05 Å². The second-order valence-electron chi connectivity index (χ2n) is 4.59. The Kier molecular flexibility index (Phi) is 5.11. The summed E-state index contributed by atoms with van der Waals surface area (Å²) >= 11 is 3.58. The van der Waals surface area contributed by atoms with Crippen molar-refractivity contribution in [3.05, 3.63) is 63.9 Å². The predicted molar refractivity (Wildman–Crippen MR) is 83.3 cm³/mol. The Morgan fingerprint density at radius 1 is 1.26 bits per heavy atom. The number of nitrogens with one attached hydrogen (secondary N) is 1. The second kappa shape index (κ2) is 6.83. The molecule has 0 spiro atoms. The molecule has 0 saturated heterocycles. The van der Waals surface area contributed by atoms with E-state index in [1.807, 2.05) is 25.4 Å². The Morgan fingerprint density at radius 3 is 2.79 bits per heavy atom. The Balaban J connectivity index is 2.37. The maximum atomic E-state index is 4.49. The molecule has 100 valence electrons. The van der Waals surface area contributed by atoms with Gasteiger partial charge in [-0.1, -0.05) is 37.6 Å². The number of pyridine rings is 1. The monoisotopic (exact) mass is 318 g/mol. The minimum atomic E-state index is 0.118. The van der Waals surface area contributed by atoms with Gasteiger partial charge in [0.2, 0.25) is 0 Å². The van der Waals surface area contributed by atoms with E-state index in [0.717, 1.165) is 16.6 Å². The minimum absolute atomic E-state index is 0.118. The first-order chi connectivity index (χ1) is 9.26. The molecule has 1 N–H and O–H groups in total. The molecule has 2 aromatic rings. The first kappa shape index (κ1) is 14.2. The number of hydrogen-bond donors (Lipinski definition) is 1. The van der Waals surface area contributed by atoms with Gasteiger partial charge >= 0.3 is 0 Å². The smallest absolute Gasteiger partial charge is 0.0760 e. The van der Waals surface area contributed by atoms with Gasteiger partial charge < -0.3 is 5.32 Å². The molecular weight excluding hydrogens is 300 g/mol. The summed E-state index contributed by atoms with van der Waals surface area (Å²) in [6.07, 6.45) is 4.12. The van der Waals surface area contributed by atoms with Gasteiger partial charge in [0, 0.05) is 10.7 Å². The summed E-state index contributed by atoms with van der Waals surface area (Å²) in [5.74, 6) is 0. The van der Waals surface area contributed by atoms with Crippen molar-refractivity contribution < 1.29 is 0 Å². The van der Waals surface area contributed by atoms with Crippen LogP contribution in [-0.2, 0) is 6.42 Å². The highest BCUT2D eigenvalue weighted by Crippen LogP contribution is 2.27. The summed E-state index contributed by atoms with van der Waals surface area (Å²) in [6.45, 7) is 2.21. The molecule has 0 aliphatic carbocycles. The highest BCUT2D eigenvalue weighted by molar-refractivity contribution is 9.10. The second-order valence-corrected chi connectivity index (χ2v) is 5.44. The third-order valence-electron chi connectivity index (χ3n) is 3.17. The van der Waals surface area contributed by atoms with Crippen LogP contribution in [0.25, 0.3) is 0 Å². The fourth-order valence-corrected chi connectivity index (χ4v) is 2.77. The molecule has 1 atom stereocenters. The number of nitrogens with zero attached hydrogens (tertiary/aromatic N) is 1. The van der Waals surface area contributed by atoms with Gasteiger partial charge in [-0.15, -0.1) is 0 Å². The lowest BCUT2D eigenvalue weighted by Gasteiger charge is -2.18. The minimum Gasteiger partial charge on any atom is -0.308 e. The highest BCUT2D eigenvalue weighted by atomic mass is 79.9. The van der Waals surface area contributed by atoms with Gasteiger partial charge in [-0.3, -0.25) is 4.98 Å². The van der Waals surface area contributed by atoms with Gasteiger partial charge in [-0.25, -0.2) is 0 Å². The lowest BCUT2D eigenvalue weighted by Crippen LogP contribution is -2.19. The molecule has 1 heterocycles. The molecule has 0 saturated carbocycles. The largest absolute Gasteiger partial charge is 0.308 e. The van der Waals surface area contributed by atoms with Gasteiger partial charge in [0.25, 0.3) is 0 Å². The molecular formula is C16H19BrN2. The lowest BCUT2D eigenvalue weighted by molar-refractivity contribution is 0.666. The molecule has 0 radical (unpaired) electrons. The lowest BCUT2D eigenvalue weighted by atomic mass is 9.99. The molecule has 0 amide bonds. The molecule has 3 heteroatoms. The van der Waals surface area contributed by atoms with Crippen molar-refractivity contribution in [3.63, 3.8) is 0 Å². The molecule has 1 aromatic heterocycles. The summed E-state index contributed by atoms with van der Waals surface area (Å²) in [7, 11) is 1.97. The molecule has 19 heavy (non-hydrogen) atoms. The Bertz CT molecular complexity index is 540. The first-order valence-electron chi connectivity index (χ1n) is 6.62. The average Bonchev–Trinajstić information content (AvgIpc) is 2.43. The normalized spacial score (nSPS) is 12.4. The van der Waals surface area contributed by atoms with Crippen LogP contribution in [0.3, 0.4) is 0 Å². The summed E-state index contributed by atoms with van der Waals surface area (Å²) in [5.41, 5.74) is 3.67. The van der Waals surface area contributed by atoms with Crippen molar-refractivity contribution in [3.8, 4) is 0 Å². The zero-order valence-corrected chi connectivity index (χ0v) is 12.9. The first-order valence-corrected chi connectivity index (χ1v) is 7.42. The van der Waals surface area contributed by atoms with Crippen molar-refractivity contribution in [1.82, 2.24) is 10.3 Å². The zero-order valence-electron chi connectivity index (χ0n) is 11.4. The van der Waals surface area contributed by atoms with Crippen LogP contribution >= 0.6 is 15.9 Å². The third-order valence-corrected chi connectivity index (χ3v) is 3.84. The van der Waals surface area contributed by atoms with Gasteiger partial charge in [0.15, 0.2) is 0 Å². The Labute approximate surface area is 123 Å². The molecule has 1 unspecified atom stereocenters. The maximum Gasteiger partial charge on any atom is 0.0760 e. The fourth-order valence-electron chi connectivity index (χ4n) is 2.29. The number of aryl methyl sites for hydroxylation is 1. The predicted octanol–water partition coefficient (Wildman–Crippen LogP) is 4.11. The zero-order chi connectivity index (χ0) is 13.7. The van der Waals surface area contributed by atoms with Gasteiger partial charge in [-0.2, -0.15) is 0 Å². The summed E-state index contributed by atoms with van der Waals surface area (Å²) < 4.78 is 1.04. The summed E-state index contributed by atoms with van der Waals surface area (Å²) in [4.78, 5) is 4.49. The van der Waals surface area contributed by atoms with Crippen molar-refractivity contribution >= 4 is 15.9 Å². The van der Waals surface area contributed by atoms with Crippen LogP contribution in [0.2, 0.25) is 0 Å². The molecule has 1 aromatic carbocycles. The van der Waals surface area contributed by atoms with E-state index in [-0.39, 0.29) is 6.04 Å². The van der Waals surface area contributed by atoms with Gasteiger partial charge in [0.1, 0.15) is 0 Å². The number of benzene rings is 1. The molecule has 0 fully saturated rings. The van der Waals surface area contributed by atoms with Crippen LogP contribution in [0.5, 0.6) is 0 Å². The van der Waals surface area contributed by atoms with Crippen LogP contribution in [0.1, 0.15) is 36.2 Å². The van der Waals surface area contributed by atoms with Gasteiger partial charge in [-0.05, 0) is 52.7 Å². The van der Waals surface area contributed by atoms with Crippen LogP contribution < -0.4 is 5.32 Å². The van der Waals surface area contributed by atoms with E-state index in [1.165, 1.54) is 17.5 Å². The van der Waals surface area contributed by atoms with Crippen LogP contribution in [0.4, 0.5) is 0 Å². The van der Waals surface area contributed by atoms with E-state index in [1.54, 1.807) is 0 Å². The molecule has 0 aliphatic rings. The third kappa shape index (κ3) is 3.43. The highest BCUT2D eigenvalue weighted by Gasteiger charge is 2.16. The van der Waals surface area contributed by atoms with E-state index < -0.39 is 0 Å². The topological polar surface area (TPSA) is 24.9 Å². The Morgan fingerprint density at radius 2 is 2.11 bits per heavy atom. The Hall–Kier alpha value is -1.19. The van der Waals surface area contributed by atoms with E-state index in [0.29, 0.717) is 0 Å². The summed E-state index contributed by atoms with van der Waals surface area (Å²) in [6, 6.07) is 12.8. The van der Waals surface area contributed by atoms with E-state index in [4.69, 9.17) is 0 Å². The standard InChI is InChI=1S/C16H19BrN2/c1-3-6-12-7-4-8-13(11-12)15(18-2)16-14(17)9-5-10-19-16/h4-5,7-11,15,18H,3,6H2,1-2H3. The molecule has 0 bridgehead atoms. The molecule has 2 rings (SSSR count). The van der Waals surface area contributed by atoms with Crippen LogP contribution in [-0.4, -0.2) is 12.0 Å². The average molecular weight is 319 g/mol. The SMILES string of the molecule is CCCc1cccc(C(NC)c2ncccc2Br)c1. The van der Waals surface area contributed by atoms with E-state index >= 15 is 0 Å². The number of aromatic nitrogens is 1. The van der Waals surface area contributed by atoms with Crippen molar-refractivity contribution in [2.24, 2.45) is 0 Å². The summed E-state index contributed by atoms with van der Waals surface area (Å²) in [5, 5.41) is 3.35. The van der Waals surface area contributed by atoms with Crippen LogP contribution in [0.15, 0.2) is 47.1 Å². The quantitative estimate of drug-likeness (QED) is 0.897. The van der Waals surface area contributed by atoms with Crippen molar-refractivity contribution in [2.45, 2.75) is 25.8 Å². The fraction of sp³-hybridized carbons (Fsp3) is 0.312. The maximum absolute atomic E-state index is 4.49. The van der Waals surface area contributed by atoms with E-state index in [2.05, 4.69) is 57.4 Å². The number of hydrogen-bond acceptors (Lipinski definition) is 2. The number of halogens is 1. The number of rotatable bonds is 5. The molecule has 0 aliphatic heterocycles. The molecule has 2 nitrogen and oxygen atoms in total. The van der Waals surface area contributed by atoms with E-state index in [9.17, 15) is 0 Å². The van der Waals surface area contributed by atoms with Crippen LogP contribution in [0, 0.1) is 0 Å². The van der Waals surface area contributed by atoms with Crippen molar-refractivity contribution in [1.29, 1.82) is 0 Å². The van der Waals surface area contributed by atoms with Gasteiger partial charge in [0.05, 0.1) is 11.7 Å².